The molecule has 0 bridgehead atoms. The molecule has 30 heavy (non-hydrogen) atoms. The highest BCUT2D eigenvalue weighted by Crippen LogP contribution is 2.29. The van der Waals surface area contributed by atoms with Crippen molar-refractivity contribution in [2.75, 3.05) is 0 Å². The zero-order valence-corrected chi connectivity index (χ0v) is 16.1. The molecule has 0 unspecified atom stereocenters. The molecule has 0 radical (unpaired) electrons. The number of carbonyl (C=O) groups is 2. The van der Waals surface area contributed by atoms with Crippen LogP contribution in [0.15, 0.2) is 78.9 Å². The van der Waals surface area contributed by atoms with Crippen molar-refractivity contribution >= 4 is 33.4 Å². The molecule has 0 aliphatic rings. The first kappa shape index (κ1) is 19.6. The average molecular weight is 401 g/mol. The molecule has 4 aromatic carbocycles. The van der Waals surface area contributed by atoms with Crippen molar-refractivity contribution in [2.45, 2.75) is 18.9 Å². The predicted octanol–water partition coefficient (Wildman–Crippen LogP) is 4.49. The van der Waals surface area contributed by atoms with E-state index in [9.17, 15) is 19.1 Å². The van der Waals surface area contributed by atoms with Crippen molar-refractivity contribution < 1.29 is 19.1 Å². The standard InChI is InChI=1S/C25H20FNO3/c26-19-11-9-16(10-12-19)13-24(28)27-23(25(29)30)15-22-20-7-3-1-5-17(20)14-18-6-2-4-8-21(18)22/h1-12,14,23H,13,15H2,(H,27,28)(H,29,30)/t23-/m1/s1. The van der Waals surface area contributed by atoms with Gasteiger partial charge < -0.3 is 10.4 Å². The third kappa shape index (κ3) is 4.15. The Labute approximate surface area is 173 Å². The van der Waals surface area contributed by atoms with Gasteiger partial charge in [0.05, 0.1) is 6.42 Å². The summed E-state index contributed by atoms with van der Waals surface area (Å²) in [5.74, 6) is -1.90. The molecule has 0 saturated carbocycles. The molecule has 0 aromatic heterocycles. The Morgan fingerprint density at radius 3 is 2.00 bits per heavy atom. The maximum Gasteiger partial charge on any atom is 0.326 e. The second-order valence-corrected chi connectivity index (χ2v) is 7.26. The first-order chi connectivity index (χ1) is 14.5. The molecule has 150 valence electrons. The van der Waals surface area contributed by atoms with E-state index in [-0.39, 0.29) is 18.7 Å². The molecule has 0 spiro atoms. The van der Waals surface area contributed by atoms with Crippen LogP contribution in [0, 0.1) is 5.82 Å². The number of benzene rings is 4. The van der Waals surface area contributed by atoms with Crippen LogP contribution in [-0.2, 0) is 22.4 Å². The summed E-state index contributed by atoms with van der Waals surface area (Å²) < 4.78 is 13.1. The maximum atomic E-state index is 13.1. The Kier molecular flexibility index (Phi) is 5.44. The molecule has 0 saturated heterocycles. The highest BCUT2D eigenvalue weighted by Gasteiger charge is 2.22. The molecule has 1 amide bonds. The van der Waals surface area contributed by atoms with Gasteiger partial charge in [-0.1, -0.05) is 60.7 Å². The third-order valence-corrected chi connectivity index (χ3v) is 5.20. The molecule has 5 heteroatoms. The highest BCUT2D eigenvalue weighted by molar-refractivity contribution is 6.02. The molecule has 2 N–H and O–H groups in total. The number of hydrogen-bond donors (Lipinski definition) is 2. The van der Waals surface area contributed by atoms with Gasteiger partial charge in [0.1, 0.15) is 11.9 Å². The van der Waals surface area contributed by atoms with Gasteiger partial charge in [-0.2, -0.15) is 0 Å². The molecule has 4 nitrogen and oxygen atoms in total. The third-order valence-electron chi connectivity index (χ3n) is 5.20. The number of hydrogen-bond acceptors (Lipinski definition) is 2. The summed E-state index contributed by atoms with van der Waals surface area (Å²) in [7, 11) is 0. The van der Waals surface area contributed by atoms with Gasteiger partial charge in [0.15, 0.2) is 0 Å². The van der Waals surface area contributed by atoms with Crippen molar-refractivity contribution in [3.8, 4) is 0 Å². The molecule has 0 aliphatic carbocycles. The molecular weight excluding hydrogens is 381 g/mol. The normalized spacial score (nSPS) is 12.0. The van der Waals surface area contributed by atoms with Gasteiger partial charge in [-0.3, -0.25) is 4.79 Å². The zero-order chi connectivity index (χ0) is 21.1. The fraction of sp³-hybridized carbons (Fsp3) is 0.120. The van der Waals surface area contributed by atoms with Crippen LogP contribution >= 0.6 is 0 Å². The smallest absolute Gasteiger partial charge is 0.326 e. The van der Waals surface area contributed by atoms with E-state index in [2.05, 4.69) is 11.4 Å². The van der Waals surface area contributed by atoms with E-state index in [0.717, 1.165) is 27.1 Å². The molecular formula is C25H20FNO3. The lowest BCUT2D eigenvalue weighted by atomic mass is 9.92. The minimum atomic E-state index is -1.10. The van der Waals surface area contributed by atoms with Gasteiger partial charge in [0, 0.05) is 6.42 Å². The second kappa shape index (κ2) is 8.33. The summed E-state index contributed by atoms with van der Waals surface area (Å²) in [5, 5.41) is 16.4. The molecule has 0 heterocycles. The Balaban J connectivity index is 1.64. The number of rotatable bonds is 6. The Hall–Kier alpha value is -3.73. The second-order valence-electron chi connectivity index (χ2n) is 7.26. The monoisotopic (exact) mass is 401 g/mol. The first-order valence-electron chi connectivity index (χ1n) is 9.67. The van der Waals surface area contributed by atoms with Crippen LogP contribution < -0.4 is 5.32 Å². The highest BCUT2D eigenvalue weighted by atomic mass is 19.1. The van der Waals surface area contributed by atoms with Gasteiger partial charge in [-0.15, -0.1) is 0 Å². The molecule has 1 atom stereocenters. The van der Waals surface area contributed by atoms with Crippen molar-refractivity contribution in [3.05, 3.63) is 95.8 Å². The van der Waals surface area contributed by atoms with Gasteiger partial charge >= 0.3 is 5.97 Å². The van der Waals surface area contributed by atoms with E-state index < -0.39 is 17.9 Å². The number of nitrogens with one attached hydrogen (secondary N) is 1. The van der Waals surface area contributed by atoms with E-state index in [1.54, 1.807) is 0 Å². The summed E-state index contributed by atoms with van der Waals surface area (Å²) in [5.41, 5.74) is 1.51. The van der Waals surface area contributed by atoms with Crippen molar-refractivity contribution in [1.29, 1.82) is 0 Å². The summed E-state index contributed by atoms with van der Waals surface area (Å²) >= 11 is 0. The van der Waals surface area contributed by atoms with Gasteiger partial charge in [0.25, 0.3) is 0 Å². The molecule has 0 aliphatic heterocycles. The topological polar surface area (TPSA) is 66.4 Å². The van der Waals surface area contributed by atoms with Crippen molar-refractivity contribution in [2.24, 2.45) is 0 Å². The average Bonchev–Trinajstić information content (AvgIpc) is 2.74. The maximum absolute atomic E-state index is 13.1. The fourth-order valence-corrected chi connectivity index (χ4v) is 3.77. The van der Waals surface area contributed by atoms with Crippen LogP contribution in [0.4, 0.5) is 4.39 Å². The van der Waals surface area contributed by atoms with E-state index in [1.165, 1.54) is 24.3 Å². The van der Waals surface area contributed by atoms with Crippen LogP contribution in [0.25, 0.3) is 21.5 Å². The fourth-order valence-electron chi connectivity index (χ4n) is 3.77. The summed E-state index contributed by atoms with van der Waals surface area (Å²) in [6.07, 6.45) is 0.146. The van der Waals surface area contributed by atoms with Crippen LogP contribution in [0.2, 0.25) is 0 Å². The molecule has 4 rings (SSSR count). The quantitative estimate of drug-likeness (QED) is 0.468. The minimum Gasteiger partial charge on any atom is -0.480 e. The SMILES string of the molecule is O=C(Cc1ccc(F)cc1)N[C@H](Cc1c2ccccc2cc2ccccc12)C(=O)O. The summed E-state index contributed by atoms with van der Waals surface area (Å²) in [6, 6.07) is 22.2. The number of halogens is 1. The van der Waals surface area contributed by atoms with Crippen molar-refractivity contribution in [1.82, 2.24) is 5.32 Å². The van der Waals surface area contributed by atoms with Crippen LogP contribution in [0.3, 0.4) is 0 Å². The number of carboxylic acid groups (broad SMARTS) is 1. The van der Waals surface area contributed by atoms with Crippen molar-refractivity contribution in [3.63, 3.8) is 0 Å². The minimum absolute atomic E-state index is 0.0135. The van der Waals surface area contributed by atoms with Crippen LogP contribution in [0.1, 0.15) is 11.1 Å². The predicted molar refractivity (Wildman–Crippen MR) is 115 cm³/mol. The van der Waals surface area contributed by atoms with E-state index >= 15 is 0 Å². The lowest BCUT2D eigenvalue weighted by Gasteiger charge is -2.18. The lowest BCUT2D eigenvalue weighted by molar-refractivity contribution is -0.141. The molecule has 4 aromatic rings. The molecule has 0 fully saturated rings. The van der Waals surface area contributed by atoms with Crippen LogP contribution in [0.5, 0.6) is 0 Å². The first-order valence-corrected chi connectivity index (χ1v) is 9.67. The zero-order valence-electron chi connectivity index (χ0n) is 16.1. The Morgan fingerprint density at radius 2 is 1.43 bits per heavy atom. The largest absolute Gasteiger partial charge is 0.480 e. The van der Waals surface area contributed by atoms with Gasteiger partial charge in [-0.25, -0.2) is 9.18 Å². The van der Waals surface area contributed by atoms with E-state index in [1.807, 2.05) is 48.5 Å². The summed E-state index contributed by atoms with van der Waals surface area (Å²) in [4.78, 5) is 24.4. The number of fused-ring (bicyclic) bond motifs is 2. The number of aliphatic carboxylic acids is 1. The Bertz CT molecular complexity index is 1180. The van der Waals surface area contributed by atoms with Gasteiger partial charge in [0.2, 0.25) is 5.91 Å². The van der Waals surface area contributed by atoms with E-state index in [4.69, 9.17) is 0 Å². The number of carboxylic acids is 1. The van der Waals surface area contributed by atoms with Crippen LogP contribution in [-0.4, -0.2) is 23.0 Å². The van der Waals surface area contributed by atoms with E-state index in [0.29, 0.717) is 5.56 Å². The number of amides is 1. The lowest BCUT2D eigenvalue weighted by Crippen LogP contribution is -2.43. The van der Waals surface area contributed by atoms with Gasteiger partial charge in [-0.05, 0) is 50.9 Å². The summed E-state index contributed by atoms with van der Waals surface area (Å²) in [6.45, 7) is 0. The Morgan fingerprint density at radius 1 is 0.867 bits per heavy atom. The number of carbonyl (C=O) groups excluding carboxylic acids is 1.